The first-order chi connectivity index (χ1) is 10.4. The molecule has 4 nitrogen and oxygen atoms in total. The molecule has 116 valence electrons. The van der Waals surface area contributed by atoms with Crippen molar-refractivity contribution in [2.75, 3.05) is 25.0 Å². The van der Waals surface area contributed by atoms with Gasteiger partial charge in [0.25, 0.3) is 0 Å². The fourth-order valence-electron chi connectivity index (χ4n) is 2.63. The number of nitrogens with one attached hydrogen (secondary N) is 1. The zero-order valence-electron chi connectivity index (χ0n) is 11.8. The lowest BCUT2D eigenvalue weighted by Gasteiger charge is -2.40. The van der Waals surface area contributed by atoms with Crippen LogP contribution in [-0.2, 0) is 11.0 Å². The summed E-state index contributed by atoms with van der Waals surface area (Å²) in [6, 6.07) is 5.31. The highest BCUT2D eigenvalue weighted by molar-refractivity contribution is 5.93. The number of carbonyl (C=O) groups is 1. The minimum Gasteiger partial charge on any atom is -0.369 e. The van der Waals surface area contributed by atoms with Crippen LogP contribution in [0.2, 0.25) is 0 Å². The molecular formula is C15H14F3N3O. The Morgan fingerprint density at radius 2 is 2.05 bits per heavy atom. The molecule has 1 aliphatic rings. The molecule has 0 aliphatic carbocycles. The third-order valence-corrected chi connectivity index (χ3v) is 3.89. The first-order valence-corrected chi connectivity index (χ1v) is 6.82. The Labute approximate surface area is 124 Å². The van der Waals surface area contributed by atoms with E-state index in [1.165, 1.54) is 12.3 Å². The van der Waals surface area contributed by atoms with Gasteiger partial charge in [0.2, 0.25) is 5.91 Å². The largest absolute Gasteiger partial charge is 0.416 e. The standard InChI is InChI=1S/C15H14F3N3O/c1-19-14(22)9-7-21(8-9)13-4-5-20-12-6-10(15(16,17)18)2-3-11(12)13/h2-6,9H,7-8H2,1H3,(H,19,22). The highest BCUT2D eigenvalue weighted by atomic mass is 19.4. The van der Waals surface area contributed by atoms with Gasteiger partial charge < -0.3 is 10.2 Å². The zero-order chi connectivity index (χ0) is 15.9. The molecule has 1 N–H and O–H groups in total. The Morgan fingerprint density at radius 1 is 1.32 bits per heavy atom. The van der Waals surface area contributed by atoms with E-state index in [-0.39, 0.29) is 11.8 Å². The number of pyridine rings is 1. The van der Waals surface area contributed by atoms with E-state index in [2.05, 4.69) is 10.3 Å². The summed E-state index contributed by atoms with van der Waals surface area (Å²) in [5.74, 6) is -0.100. The summed E-state index contributed by atoms with van der Waals surface area (Å²) in [6.45, 7) is 1.11. The molecule has 1 amide bonds. The van der Waals surface area contributed by atoms with Crippen LogP contribution in [0.15, 0.2) is 30.5 Å². The molecule has 0 atom stereocenters. The molecule has 3 rings (SSSR count). The predicted molar refractivity (Wildman–Crippen MR) is 76.5 cm³/mol. The topological polar surface area (TPSA) is 45.2 Å². The Bertz CT molecular complexity index is 724. The summed E-state index contributed by atoms with van der Waals surface area (Å²) in [5, 5.41) is 3.26. The number of benzene rings is 1. The van der Waals surface area contributed by atoms with Gasteiger partial charge in [0.1, 0.15) is 0 Å². The molecule has 1 aromatic carbocycles. The number of anilines is 1. The van der Waals surface area contributed by atoms with Gasteiger partial charge in [0.15, 0.2) is 0 Å². The van der Waals surface area contributed by atoms with Crippen LogP contribution in [0, 0.1) is 5.92 Å². The van der Waals surface area contributed by atoms with Gasteiger partial charge in [0, 0.05) is 37.4 Å². The quantitative estimate of drug-likeness (QED) is 0.927. The van der Waals surface area contributed by atoms with Crippen molar-refractivity contribution < 1.29 is 18.0 Å². The lowest BCUT2D eigenvalue weighted by atomic mass is 9.97. The number of aromatic nitrogens is 1. The minimum absolute atomic E-state index is 0.0195. The van der Waals surface area contributed by atoms with E-state index in [9.17, 15) is 18.0 Å². The molecule has 7 heteroatoms. The summed E-state index contributed by atoms with van der Waals surface area (Å²) in [6.07, 6.45) is -2.89. The van der Waals surface area contributed by atoms with Crippen molar-refractivity contribution in [1.29, 1.82) is 0 Å². The van der Waals surface area contributed by atoms with Gasteiger partial charge in [-0.3, -0.25) is 9.78 Å². The maximum Gasteiger partial charge on any atom is 0.416 e. The van der Waals surface area contributed by atoms with E-state index in [0.29, 0.717) is 24.0 Å². The van der Waals surface area contributed by atoms with Crippen molar-refractivity contribution in [3.8, 4) is 0 Å². The van der Waals surface area contributed by atoms with Crippen LogP contribution >= 0.6 is 0 Å². The lowest BCUT2D eigenvalue weighted by Crippen LogP contribution is -2.53. The number of rotatable bonds is 2. The number of carbonyl (C=O) groups excluding carboxylic acids is 1. The first kappa shape index (κ1) is 14.6. The van der Waals surface area contributed by atoms with Crippen molar-refractivity contribution in [3.63, 3.8) is 0 Å². The second-order valence-corrected chi connectivity index (χ2v) is 5.28. The monoisotopic (exact) mass is 309 g/mol. The number of hydrogen-bond donors (Lipinski definition) is 1. The van der Waals surface area contributed by atoms with Crippen LogP contribution < -0.4 is 10.2 Å². The fraction of sp³-hybridized carbons (Fsp3) is 0.333. The zero-order valence-corrected chi connectivity index (χ0v) is 11.8. The van der Waals surface area contributed by atoms with Gasteiger partial charge in [-0.25, -0.2) is 0 Å². The van der Waals surface area contributed by atoms with Crippen LogP contribution in [-0.4, -0.2) is 31.0 Å². The molecule has 0 unspecified atom stereocenters. The number of fused-ring (bicyclic) bond motifs is 1. The van der Waals surface area contributed by atoms with E-state index >= 15 is 0 Å². The SMILES string of the molecule is CNC(=O)C1CN(c2ccnc3cc(C(F)(F)F)ccc23)C1. The molecule has 0 radical (unpaired) electrons. The lowest BCUT2D eigenvalue weighted by molar-refractivity contribution is -0.137. The average Bonchev–Trinajstić information content (AvgIpc) is 2.44. The molecule has 1 aliphatic heterocycles. The number of hydrogen-bond acceptors (Lipinski definition) is 3. The Hall–Kier alpha value is -2.31. The van der Waals surface area contributed by atoms with E-state index in [1.54, 1.807) is 13.1 Å². The summed E-state index contributed by atoms with van der Waals surface area (Å²) >= 11 is 0. The van der Waals surface area contributed by atoms with Crippen LogP contribution in [0.5, 0.6) is 0 Å². The van der Waals surface area contributed by atoms with Crippen LogP contribution in [0.25, 0.3) is 10.9 Å². The Balaban J connectivity index is 1.91. The third kappa shape index (κ3) is 2.47. The molecule has 2 aromatic rings. The number of alkyl halides is 3. The van der Waals surface area contributed by atoms with E-state index in [1.807, 2.05) is 4.90 Å². The summed E-state index contributed by atoms with van der Waals surface area (Å²) in [4.78, 5) is 17.5. The van der Waals surface area contributed by atoms with Crippen molar-refractivity contribution in [1.82, 2.24) is 10.3 Å². The van der Waals surface area contributed by atoms with E-state index < -0.39 is 11.7 Å². The molecule has 1 saturated heterocycles. The Kier molecular flexibility index (Phi) is 3.42. The molecule has 0 spiro atoms. The van der Waals surface area contributed by atoms with E-state index in [0.717, 1.165) is 17.8 Å². The highest BCUT2D eigenvalue weighted by Crippen LogP contribution is 2.35. The van der Waals surface area contributed by atoms with Crippen molar-refractivity contribution >= 4 is 22.5 Å². The van der Waals surface area contributed by atoms with Crippen molar-refractivity contribution in [2.45, 2.75) is 6.18 Å². The highest BCUT2D eigenvalue weighted by Gasteiger charge is 2.34. The summed E-state index contributed by atoms with van der Waals surface area (Å²) < 4.78 is 38.2. The maximum absolute atomic E-state index is 12.7. The maximum atomic E-state index is 12.7. The van der Waals surface area contributed by atoms with Gasteiger partial charge in [-0.15, -0.1) is 0 Å². The van der Waals surface area contributed by atoms with Crippen molar-refractivity contribution in [2.24, 2.45) is 5.92 Å². The van der Waals surface area contributed by atoms with Crippen molar-refractivity contribution in [3.05, 3.63) is 36.0 Å². The number of nitrogens with zero attached hydrogens (tertiary/aromatic N) is 2. The molecule has 0 saturated carbocycles. The Morgan fingerprint density at radius 3 is 2.68 bits per heavy atom. The number of amides is 1. The number of halogens is 3. The molecule has 1 aromatic heterocycles. The molecule has 2 heterocycles. The van der Waals surface area contributed by atoms with E-state index in [4.69, 9.17) is 0 Å². The predicted octanol–water partition coefficient (Wildman–Crippen LogP) is 2.44. The average molecular weight is 309 g/mol. The van der Waals surface area contributed by atoms with Gasteiger partial charge in [0.05, 0.1) is 17.0 Å². The normalized spacial score (nSPS) is 15.7. The summed E-state index contributed by atoms with van der Waals surface area (Å²) in [5.41, 5.74) is 0.395. The van der Waals surface area contributed by atoms with Crippen LogP contribution in [0.4, 0.5) is 18.9 Å². The van der Waals surface area contributed by atoms with Crippen LogP contribution in [0.3, 0.4) is 0 Å². The molecular weight excluding hydrogens is 295 g/mol. The fourth-order valence-corrected chi connectivity index (χ4v) is 2.63. The second-order valence-electron chi connectivity index (χ2n) is 5.28. The molecule has 1 fully saturated rings. The molecule has 0 bridgehead atoms. The third-order valence-electron chi connectivity index (χ3n) is 3.89. The smallest absolute Gasteiger partial charge is 0.369 e. The minimum atomic E-state index is -4.38. The van der Waals surface area contributed by atoms with Gasteiger partial charge >= 0.3 is 6.18 Å². The van der Waals surface area contributed by atoms with Crippen LogP contribution in [0.1, 0.15) is 5.56 Å². The molecule has 22 heavy (non-hydrogen) atoms. The first-order valence-electron chi connectivity index (χ1n) is 6.82. The second kappa shape index (κ2) is 5.15. The van der Waals surface area contributed by atoms with Gasteiger partial charge in [-0.05, 0) is 18.2 Å². The van der Waals surface area contributed by atoms with Gasteiger partial charge in [-0.2, -0.15) is 13.2 Å². The van der Waals surface area contributed by atoms with Gasteiger partial charge in [-0.1, -0.05) is 6.07 Å². The summed E-state index contributed by atoms with van der Waals surface area (Å²) in [7, 11) is 1.59.